The first-order valence-electron chi connectivity index (χ1n) is 7.46. The molecule has 0 radical (unpaired) electrons. The number of carbonyl (C=O) groups excluding carboxylic acids is 3. The van der Waals surface area contributed by atoms with E-state index < -0.39 is 23.5 Å². The van der Waals surface area contributed by atoms with Crippen LogP contribution in [0.3, 0.4) is 0 Å². The standard InChI is InChI=1S/C18H12FN3O3/c19-14-3-1-2-13-16(14)18(25)22(17(13)24)9-8-15(23)21-12-6-4-11(10-20)5-7-12/h1-7H,8-9H2,(H,21,23). The average molecular weight is 337 g/mol. The molecule has 3 amide bonds. The molecule has 0 fully saturated rings. The number of hydrogen-bond acceptors (Lipinski definition) is 4. The lowest BCUT2D eigenvalue weighted by Gasteiger charge is -2.13. The van der Waals surface area contributed by atoms with Crippen LogP contribution >= 0.6 is 0 Å². The highest BCUT2D eigenvalue weighted by atomic mass is 19.1. The van der Waals surface area contributed by atoms with Crippen LogP contribution in [0.2, 0.25) is 0 Å². The van der Waals surface area contributed by atoms with Crippen LogP contribution in [0.25, 0.3) is 0 Å². The Morgan fingerprint density at radius 2 is 1.84 bits per heavy atom. The minimum Gasteiger partial charge on any atom is -0.326 e. The molecule has 3 rings (SSSR count). The van der Waals surface area contributed by atoms with E-state index in [-0.39, 0.29) is 24.1 Å². The lowest BCUT2D eigenvalue weighted by molar-refractivity contribution is -0.116. The number of nitrogens with one attached hydrogen (secondary N) is 1. The molecule has 0 aromatic heterocycles. The van der Waals surface area contributed by atoms with Gasteiger partial charge in [0.2, 0.25) is 5.91 Å². The second-order valence-electron chi connectivity index (χ2n) is 5.41. The highest BCUT2D eigenvalue weighted by Crippen LogP contribution is 2.25. The molecule has 1 aliphatic heterocycles. The predicted molar refractivity (Wildman–Crippen MR) is 86.2 cm³/mol. The third-order valence-electron chi connectivity index (χ3n) is 3.81. The maximum atomic E-state index is 13.7. The van der Waals surface area contributed by atoms with Crippen molar-refractivity contribution in [3.8, 4) is 6.07 Å². The van der Waals surface area contributed by atoms with E-state index in [9.17, 15) is 18.8 Å². The molecule has 2 aromatic rings. The molecule has 0 unspecified atom stereocenters. The third-order valence-corrected chi connectivity index (χ3v) is 3.81. The molecule has 1 N–H and O–H groups in total. The molecule has 0 aliphatic carbocycles. The van der Waals surface area contributed by atoms with Crippen molar-refractivity contribution < 1.29 is 18.8 Å². The topological polar surface area (TPSA) is 90.3 Å². The van der Waals surface area contributed by atoms with Crippen LogP contribution in [0.5, 0.6) is 0 Å². The van der Waals surface area contributed by atoms with E-state index in [2.05, 4.69) is 5.32 Å². The van der Waals surface area contributed by atoms with E-state index in [1.54, 1.807) is 24.3 Å². The second kappa shape index (κ2) is 6.53. The van der Waals surface area contributed by atoms with E-state index in [1.165, 1.54) is 12.1 Å². The maximum absolute atomic E-state index is 13.7. The minimum absolute atomic E-state index is 0.0116. The number of carbonyl (C=O) groups is 3. The van der Waals surface area contributed by atoms with Gasteiger partial charge in [-0.05, 0) is 36.4 Å². The van der Waals surface area contributed by atoms with Crippen molar-refractivity contribution >= 4 is 23.4 Å². The molecule has 124 valence electrons. The molecule has 7 heteroatoms. The molecule has 2 aromatic carbocycles. The Morgan fingerprint density at radius 1 is 1.12 bits per heavy atom. The van der Waals surface area contributed by atoms with Gasteiger partial charge in [0.05, 0.1) is 22.8 Å². The number of nitrogens with zero attached hydrogens (tertiary/aromatic N) is 2. The van der Waals surface area contributed by atoms with Crippen molar-refractivity contribution in [2.45, 2.75) is 6.42 Å². The van der Waals surface area contributed by atoms with Crippen LogP contribution < -0.4 is 5.32 Å². The van der Waals surface area contributed by atoms with Crippen molar-refractivity contribution in [3.63, 3.8) is 0 Å². The van der Waals surface area contributed by atoms with Gasteiger partial charge in [0.1, 0.15) is 5.82 Å². The van der Waals surface area contributed by atoms with Gasteiger partial charge < -0.3 is 5.32 Å². The van der Waals surface area contributed by atoms with Gasteiger partial charge in [-0.2, -0.15) is 5.26 Å². The SMILES string of the molecule is N#Cc1ccc(NC(=O)CCN2C(=O)c3cccc(F)c3C2=O)cc1. The van der Waals surface area contributed by atoms with Crippen molar-refractivity contribution in [1.29, 1.82) is 5.26 Å². The highest BCUT2D eigenvalue weighted by molar-refractivity contribution is 6.21. The third kappa shape index (κ3) is 3.10. The molecular formula is C18H12FN3O3. The van der Waals surface area contributed by atoms with Gasteiger partial charge in [-0.15, -0.1) is 0 Å². The first-order chi connectivity index (χ1) is 12.0. The quantitative estimate of drug-likeness (QED) is 0.867. The molecule has 0 atom stereocenters. The molecule has 1 aliphatic rings. The fourth-order valence-electron chi connectivity index (χ4n) is 2.56. The zero-order valence-electron chi connectivity index (χ0n) is 13.0. The Bertz CT molecular complexity index is 916. The number of benzene rings is 2. The molecule has 6 nitrogen and oxygen atoms in total. The van der Waals surface area contributed by atoms with Gasteiger partial charge >= 0.3 is 0 Å². The Labute approximate surface area is 142 Å². The number of nitriles is 1. The summed E-state index contributed by atoms with van der Waals surface area (Å²) in [4.78, 5) is 37.2. The number of imide groups is 1. The second-order valence-corrected chi connectivity index (χ2v) is 5.41. The van der Waals surface area contributed by atoms with E-state index in [4.69, 9.17) is 5.26 Å². The number of anilines is 1. The van der Waals surface area contributed by atoms with E-state index in [1.807, 2.05) is 6.07 Å². The van der Waals surface area contributed by atoms with Crippen LogP contribution in [0.1, 0.15) is 32.7 Å². The zero-order chi connectivity index (χ0) is 18.0. The average Bonchev–Trinajstić information content (AvgIpc) is 2.86. The van der Waals surface area contributed by atoms with E-state index in [0.29, 0.717) is 11.3 Å². The molecule has 25 heavy (non-hydrogen) atoms. The smallest absolute Gasteiger partial charge is 0.264 e. The van der Waals surface area contributed by atoms with Crippen LogP contribution in [-0.4, -0.2) is 29.2 Å². The Balaban J connectivity index is 1.63. The first kappa shape index (κ1) is 16.3. The Kier molecular flexibility index (Phi) is 4.27. The molecule has 0 saturated heterocycles. The van der Waals surface area contributed by atoms with Gasteiger partial charge in [-0.3, -0.25) is 19.3 Å². The summed E-state index contributed by atoms with van der Waals surface area (Å²) in [6.07, 6.45) is -0.118. The summed E-state index contributed by atoms with van der Waals surface area (Å²) in [6.45, 7) is -0.145. The van der Waals surface area contributed by atoms with Gasteiger partial charge in [0, 0.05) is 18.7 Å². The summed E-state index contributed by atoms with van der Waals surface area (Å²) in [5.74, 6) is -2.49. The van der Waals surface area contributed by atoms with Gasteiger partial charge in [-0.25, -0.2) is 4.39 Å². The number of rotatable bonds is 4. The van der Waals surface area contributed by atoms with E-state index in [0.717, 1.165) is 11.0 Å². The fraction of sp³-hybridized carbons (Fsp3) is 0.111. The highest BCUT2D eigenvalue weighted by Gasteiger charge is 2.37. The van der Waals surface area contributed by atoms with Crippen LogP contribution in [0, 0.1) is 17.1 Å². The molecule has 0 bridgehead atoms. The summed E-state index contributed by atoms with van der Waals surface area (Å²) in [5.41, 5.74) is 0.723. The number of hydrogen-bond donors (Lipinski definition) is 1. The van der Waals surface area contributed by atoms with Gasteiger partial charge in [-0.1, -0.05) is 6.07 Å². The van der Waals surface area contributed by atoms with Crippen molar-refractivity contribution in [1.82, 2.24) is 4.90 Å². The number of amides is 3. The van der Waals surface area contributed by atoms with Crippen molar-refractivity contribution in [3.05, 3.63) is 65.0 Å². The molecule has 0 saturated carbocycles. The Morgan fingerprint density at radius 3 is 2.48 bits per heavy atom. The zero-order valence-corrected chi connectivity index (χ0v) is 13.0. The summed E-state index contributed by atoms with van der Waals surface area (Å²) in [5, 5.41) is 11.3. The number of fused-ring (bicyclic) bond motifs is 1. The number of halogens is 1. The van der Waals surface area contributed by atoms with Gasteiger partial charge in [0.25, 0.3) is 11.8 Å². The van der Waals surface area contributed by atoms with Crippen LogP contribution in [-0.2, 0) is 4.79 Å². The monoisotopic (exact) mass is 337 g/mol. The van der Waals surface area contributed by atoms with Crippen molar-refractivity contribution in [2.24, 2.45) is 0 Å². The normalized spacial score (nSPS) is 12.7. The van der Waals surface area contributed by atoms with Crippen LogP contribution in [0.15, 0.2) is 42.5 Å². The molecule has 0 spiro atoms. The molecule has 1 heterocycles. The minimum atomic E-state index is -0.750. The maximum Gasteiger partial charge on any atom is 0.264 e. The Hall–Kier alpha value is -3.53. The summed E-state index contributed by atoms with van der Waals surface area (Å²) in [7, 11) is 0. The first-order valence-corrected chi connectivity index (χ1v) is 7.46. The predicted octanol–water partition coefficient (Wildman–Crippen LogP) is 2.32. The summed E-state index contributed by atoms with van der Waals surface area (Å²) < 4.78 is 13.7. The van der Waals surface area contributed by atoms with Crippen molar-refractivity contribution in [2.75, 3.05) is 11.9 Å². The molecular weight excluding hydrogens is 325 g/mol. The summed E-state index contributed by atoms with van der Waals surface area (Å²) >= 11 is 0. The summed E-state index contributed by atoms with van der Waals surface area (Å²) in [6, 6.07) is 12.1. The fourth-order valence-corrected chi connectivity index (χ4v) is 2.56. The largest absolute Gasteiger partial charge is 0.326 e. The van der Waals surface area contributed by atoms with E-state index >= 15 is 0 Å². The van der Waals surface area contributed by atoms with Crippen LogP contribution in [0.4, 0.5) is 10.1 Å². The lowest BCUT2D eigenvalue weighted by Crippen LogP contribution is -2.33. The van der Waals surface area contributed by atoms with Gasteiger partial charge in [0.15, 0.2) is 0 Å². The lowest BCUT2D eigenvalue weighted by atomic mass is 10.1.